The Morgan fingerprint density at radius 1 is 1.18 bits per heavy atom. The molecular formula is C13H11N3O. The van der Waals surface area contributed by atoms with Crippen LogP contribution in [0.3, 0.4) is 0 Å². The zero-order valence-electron chi connectivity index (χ0n) is 9.34. The van der Waals surface area contributed by atoms with Crippen molar-refractivity contribution in [2.75, 3.05) is 5.73 Å². The third-order valence-corrected chi connectivity index (χ3v) is 2.86. The minimum absolute atomic E-state index is 0.362. The van der Waals surface area contributed by atoms with Crippen LogP contribution in [0.2, 0.25) is 0 Å². The molecule has 84 valence electrons. The van der Waals surface area contributed by atoms with Crippen molar-refractivity contribution in [3.05, 3.63) is 42.1 Å². The third-order valence-electron chi connectivity index (χ3n) is 2.86. The molecule has 2 aromatic heterocycles. The van der Waals surface area contributed by atoms with Crippen LogP contribution in [0.25, 0.3) is 22.2 Å². The lowest BCUT2D eigenvalue weighted by Gasteiger charge is -2.02. The van der Waals surface area contributed by atoms with Crippen molar-refractivity contribution < 1.29 is 4.52 Å². The fourth-order valence-corrected chi connectivity index (χ4v) is 1.90. The molecule has 2 N–H and O–H groups in total. The summed E-state index contributed by atoms with van der Waals surface area (Å²) in [4.78, 5) is 4.31. The highest BCUT2D eigenvalue weighted by Crippen LogP contribution is 2.30. The van der Waals surface area contributed by atoms with Gasteiger partial charge in [-0.2, -0.15) is 0 Å². The number of benzene rings is 1. The van der Waals surface area contributed by atoms with Crippen molar-refractivity contribution >= 4 is 16.8 Å². The summed E-state index contributed by atoms with van der Waals surface area (Å²) in [5.74, 6) is 0.362. The highest BCUT2D eigenvalue weighted by molar-refractivity contribution is 5.94. The molecule has 3 rings (SSSR count). The van der Waals surface area contributed by atoms with Gasteiger partial charge in [0.1, 0.15) is 5.69 Å². The zero-order chi connectivity index (χ0) is 11.8. The molecule has 0 aliphatic rings. The molecule has 17 heavy (non-hydrogen) atoms. The fourth-order valence-electron chi connectivity index (χ4n) is 1.90. The zero-order valence-corrected chi connectivity index (χ0v) is 9.34. The molecule has 2 heterocycles. The quantitative estimate of drug-likeness (QED) is 0.691. The molecule has 0 atom stereocenters. The molecule has 0 fully saturated rings. The smallest absolute Gasteiger partial charge is 0.225 e. The van der Waals surface area contributed by atoms with E-state index in [1.807, 2.05) is 37.3 Å². The highest BCUT2D eigenvalue weighted by Gasteiger charge is 2.13. The summed E-state index contributed by atoms with van der Waals surface area (Å²) in [6.45, 7) is 1.90. The van der Waals surface area contributed by atoms with E-state index in [0.29, 0.717) is 5.88 Å². The maximum absolute atomic E-state index is 5.68. The molecule has 0 bridgehead atoms. The van der Waals surface area contributed by atoms with Crippen LogP contribution >= 0.6 is 0 Å². The number of nitrogens with two attached hydrogens (primary N) is 1. The SMILES string of the molecule is Cc1c(-c2ccnc3ccccc23)noc1N. The summed E-state index contributed by atoms with van der Waals surface area (Å²) in [7, 11) is 0. The minimum atomic E-state index is 0.362. The Morgan fingerprint density at radius 2 is 2.00 bits per heavy atom. The van der Waals surface area contributed by atoms with Gasteiger partial charge >= 0.3 is 0 Å². The first-order valence-corrected chi connectivity index (χ1v) is 5.33. The Bertz CT molecular complexity index is 683. The van der Waals surface area contributed by atoms with E-state index in [2.05, 4.69) is 10.1 Å². The lowest BCUT2D eigenvalue weighted by atomic mass is 10.0. The summed E-state index contributed by atoms with van der Waals surface area (Å²) < 4.78 is 5.01. The van der Waals surface area contributed by atoms with Gasteiger partial charge in [0, 0.05) is 22.7 Å². The molecule has 0 aliphatic heterocycles. The first kappa shape index (κ1) is 9.84. The summed E-state index contributed by atoms with van der Waals surface area (Å²) >= 11 is 0. The topological polar surface area (TPSA) is 64.9 Å². The van der Waals surface area contributed by atoms with E-state index < -0.39 is 0 Å². The van der Waals surface area contributed by atoms with Gasteiger partial charge < -0.3 is 10.3 Å². The van der Waals surface area contributed by atoms with Crippen LogP contribution in [0, 0.1) is 6.92 Å². The van der Waals surface area contributed by atoms with Gasteiger partial charge in [-0.25, -0.2) is 0 Å². The Morgan fingerprint density at radius 3 is 2.76 bits per heavy atom. The van der Waals surface area contributed by atoms with Gasteiger partial charge in [0.2, 0.25) is 5.88 Å². The lowest BCUT2D eigenvalue weighted by Crippen LogP contribution is -1.87. The predicted octanol–water partition coefficient (Wildman–Crippen LogP) is 2.78. The number of fused-ring (bicyclic) bond motifs is 1. The number of aromatic nitrogens is 2. The van der Waals surface area contributed by atoms with Gasteiger partial charge in [-0.15, -0.1) is 0 Å². The van der Waals surface area contributed by atoms with Gasteiger partial charge in [0.05, 0.1) is 5.52 Å². The summed E-state index contributed by atoms with van der Waals surface area (Å²) in [6.07, 6.45) is 1.77. The Labute approximate surface area is 98.1 Å². The molecule has 0 unspecified atom stereocenters. The number of rotatable bonds is 1. The molecule has 0 radical (unpaired) electrons. The van der Waals surface area contributed by atoms with Gasteiger partial charge in [0.25, 0.3) is 0 Å². The van der Waals surface area contributed by atoms with Crippen molar-refractivity contribution in [1.29, 1.82) is 0 Å². The number of nitrogens with zero attached hydrogens (tertiary/aromatic N) is 2. The fraction of sp³-hybridized carbons (Fsp3) is 0.0769. The molecule has 0 saturated carbocycles. The van der Waals surface area contributed by atoms with Gasteiger partial charge in [0.15, 0.2) is 0 Å². The van der Waals surface area contributed by atoms with Gasteiger partial charge in [-0.05, 0) is 19.1 Å². The number of para-hydroxylation sites is 1. The standard InChI is InChI=1S/C13H11N3O/c1-8-12(16-17-13(8)14)10-6-7-15-11-5-3-2-4-9(10)11/h2-7H,14H2,1H3. The lowest BCUT2D eigenvalue weighted by molar-refractivity contribution is 0.439. The van der Waals surface area contributed by atoms with E-state index in [1.165, 1.54) is 0 Å². The van der Waals surface area contributed by atoms with Gasteiger partial charge in [-0.1, -0.05) is 23.4 Å². The van der Waals surface area contributed by atoms with Crippen molar-refractivity contribution in [2.24, 2.45) is 0 Å². The normalized spacial score (nSPS) is 10.9. The van der Waals surface area contributed by atoms with Crippen molar-refractivity contribution in [1.82, 2.24) is 10.1 Å². The van der Waals surface area contributed by atoms with Crippen LogP contribution in [0.5, 0.6) is 0 Å². The average Bonchev–Trinajstić information content (AvgIpc) is 2.69. The number of hydrogen-bond donors (Lipinski definition) is 1. The largest absolute Gasteiger partial charge is 0.367 e. The van der Waals surface area contributed by atoms with Crippen LogP contribution < -0.4 is 5.73 Å². The molecule has 3 aromatic rings. The highest BCUT2D eigenvalue weighted by atomic mass is 16.5. The van der Waals surface area contributed by atoms with E-state index in [9.17, 15) is 0 Å². The van der Waals surface area contributed by atoms with Crippen LogP contribution in [0.15, 0.2) is 41.1 Å². The molecular weight excluding hydrogens is 214 g/mol. The summed E-state index contributed by atoms with van der Waals surface area (Å²) in [5.41, 5.74) is 9.25. The minimum Gasteiger partial charge on any atom is -0.367 e. The second kappa shape index (κ2) is 3.59. The molecule has 1 aromatic carbocycles. The maximum atomic E-state index is 5.68. The number of hydrogen-bond acceptors (Lipinski definition) is 4. The molecule has 0 saturated heterocycles. The van der Waals surface area contributed by atoms with Crippen LogP contribution in [0.4, 0.5) is 5.88 Å². The summed E-state index contributed by atoms with van der Waals surface area (Å²) in [6, 6.07) is 9.85. The van der Waals surface area contributed by atoms with Crippen LogP contribution in [-0.4, -0.2) is 10.1 Å². The first-order chi connectivity index (χ1) is 8.27. The predicted molar refractivity (Wildman–Crippen MR) is 66.4 cm³/mol. The van der Waals surface area contributed by atoms with E-state index in [0.717, 1.165) is 27.7 Å². The number of anilines is 1. The molecule has 4 heteroatoms. The summed E-state index contributed by atoms with van der Waals surface area (Å²) in [5, 5.41) is 5.06. The second-order valence-electron chi connectivity index (χ2n) is 3.90. The molecule has 4 nitrogen and oxygen atoms in total. The van der Waals surface area contributed by atoms with Crippen molar-refractivity contribution in [2.45, 2.75) is 6.92 Å². The maximum Gasteiger partial charge on any atom is 0.225 e. The van der Waals surface area contributed by atoms with E-state index >= 15 is 0 Å². The average molecular weight is 225 g/mol. The second-order valence-corrected chi connectivity index (χ2v) is 3.90. The third kappa shape index (κ3) is 1.45. The van der Waals surface area contributed by atoms with Crippen molar-refractivity contribution in [3.8, 4) is 11.3 Å². The number of nitrogen functional groups attached to an aromatic ring is 1. The monoisotopic (exact) mass is 225 g/mol. The van der Waals surface area contributed by atoms with Crippen molar-refractivity contribution in [3.63, 3.8) is 0 Å². The Balaban J connectivity index is 2.34. The molecule has 0 spiro atoms. The Hall–Kier alpha value is -2.36. The van der Waals surface area contributed by atoms with Crippen LogP contribution in [0.1, 0.15) is 5.56 Å². The van der Waals surface area contributed by atoms with E-state index in [4.69, 9.17) is 10.3 Å². The first-order valence-electron chi connectivity index (χ1n) is 5.33. The van der Waals surface area contributed by atoms with E-state index in [-0.39, 0.29) is 0 Å². The van der Waals surface area contributed by atoms with Crippen LogP contribution in [-0.2, 0) is 0 Å². The Kier molecular flexibility index (Phi) is 2.08. The number of pyridine rings is 1. The molecule has 0 aliphatic carbocycles. The molecule has 0 amide bonds. The van der Waals surface area contributed by atoms with Gasteiger partial charge in [-0.3, -0.25) is 4.98 Å². The van der Waals surface area contributed by atoms with E-state index in [1.54, 1.807) is 6.20 Å².